The Bertz CT molecular complexity index is 5240. The molecule has 5 heterocycles. The van der Waals surface area contributed by atoms with Crippen LogP contribution in [0.5, 0.6) is 0 Å². The second-order valence-electron chi connectivity index (χ2n) is 32.6. The van der Waals surface area contributed by atoms with Gasteiger partial charge in [-0.05, 0) is 139 Å². The molecular formula is C88H115N17O22. The summed E-state index contributed by atoms with van der Waals surface area (Å²) in [4.78, 5) is 199. The first-order valence-electron chi connectivity index (χ1n) is 42.1. The highest BCUT2D eigenvalue weighted by molar-refractivity contribution is 6.11. The van der Waals surface area contributed by atoms with Gasteiger partial charge in [0, 0.05) is 112 Å². The lowest BCUT2D eigenvalue weighted by Crippen LogP contribution is -2.45. The van der Waals surface area contributed by atoms with Crippen molar-refractivity contribution in [3.05, 3.63) is 120 Å². The molecule has 0 bridgehead atoms. The summed E-state index contributed by atoms with van der Waals surface area (Å²) in [6.45, 7) is 19.2. The summed E-state index contributed by atoms with van der Waals surface area (Å²) in [5.74, 6) is -6.70. The topological polar surface area (TPSA) is 559 Å². The first-order chi connectivity index (χ1) is 60.3. The molecule has 0 saturated carbocycles. The van der Waals surface area contributed by atoms with Gasteiger partial charge in [0.2, 0.25) is 23.6 Å². The van der Waals surface area contributed by atoms with Crippen LogP contribution >= 0.6 is 0 Å². The Morgan fingerprint density at radius 3 is 1.24 bits per heavy atom. The number of Topliss-reactive ketones (excluding diaryl/α,β-unsaturated/α-hetero) is 2. The molecule has 4 atom stereocenters. The molecule has 0 radical (unpaired) electrons. The number of carbonyl (C=O) groups excluding carboxylic acids is 13. The molecule has 1 saturated heterocycles. The number of ketones is 2. The number of para-hydroxylation sites is 2. The smallest absolute Gasteiger partial charge is 0.413 e. The predicted octanol–water partition coefficient (Wildman–Crippen LogP) is 9.52. The number of hydrogen-bond acceptors (Lipinski definition) is 25. The van der Waals surface area contributed by atoms with Crippen molar-refractivity contribution < 1.29 is 106 Å². The number of benzene rings is 4. The molecule has 4 aromatic heterocycles. The van der Waals surface area contributed by atoms with Crippen LogP contribution in [0.1, 0.15) is 182 Å². The number of aromatic nitrogens is 6. The third-order valence-corrected chi connectivity index (χ3v) is 20.0. The van der Waals surface area contributed by atoms with E-state index >= 15 is 0 Å². The Morgan fingerprint density at radius 1 is 0.496 bits per heavy atom. The lowest BCUT2D eigenvalue weighted by Gasteiger charge is -2.24. The first-order valence-corrected chi connectivity index (χ1v) is 42.1. The van der Waals surface area contributed by atoms with Crippen molar-refractivity contribution >= 4 is 150 Å². The van der Waals surface area contributed by atoms with Crippen LogP contribution in [-0.2, 0) is 111 Å². The van der Waals surface area contributed by atoms with Crippen molar-refractivity contribution in [3.8, 4) is 0 Å². The number of nitrogens with one attached hydrogen (secondary N) is 8. The first kappa shape index (κ1) is 99.3. The quantitative estimate of drug-likeness (QED) is 0.0125. The number of hydroxylamine groups is 2. The maximum absolute atomic E-state index is 13.7. The van der Waals surface area contributed by atoms with Gasteiger partial charge in [-0.2, -0.15) is 0 Å². The number of imidazole rings is 2. The molecule has 8 aromatic rings. The Morgan fingerprint density at radius 2 is 0.882 bits per heavy atom. The number of anilines is 4. The molecule has 0 aliphatic carbocycles. The van der Waals surface area contributed by atoms with Gasteiger partial charge in [0.05, 0.1) is 58.4 Å². The van der Waals surface area contributed by atoms with Crippen LogP contribution in [0.3, 0.4) is 0 Å². The van der Waals surface area contributed by atoms with Crippen LogP contribution in [0.2, 0.25) is 0 Å². The zero-order valence-electron chi connectivity index (χ0n) is 73.1. The van der Waals surface area contributed by atoms with Gasteiger partial charge in [0.1, 0.15) is 49.1 Å². The van der Waals surface area contributed by atoms with Gasteiger partial charge in [-0.1, -0.05) is 88.4 Å². The molecule has 15 N–H and O–H groups in total. The van der Waals surface area contributed by atoms with E-state index in [4.69, 9.17) is 50.3 Å². The monoisotopic (exact) mass is 1760 g/mol. The second-order valence-corrected chi connectivity index (χ2v) is 32.6. The number of fused-ring (bicyclic) bond motifs is 6. The summed E-state index contributed by atoms with van der Waals surface area (Å²) in [6, 6.07) is 24.6. The highest BCUT2D eigenvalue weighted by atomic mass is 16.7. The fourth-order valence-corrected chi connectivity index (χ4v) is 13.9. The van der Waals surface area contributed by atoms with Crippen LogP contribution in [0.4, 0.5) is 42.2 Å². The number of pyridine rings is 2. The van der Waals surface area contributed by atoms with Crippen molar-refractivity contribution in [2.24, 2.45) is 35.1 Å². The molecule has 9 rings (SSSR count). The van der Waals surface area contributed by atoms with Gasteiger partial charge < -0.3 is 91.6 Å². The number of aliphatic hydroxyl groups is 2. The number of imide groups is 1. The number of urea groups is 2. The number of nitrogens with two attached hydrogens (primary N) is 2. The van der Waals surface area contributed by atoms with E-state index in [1.54, 1.807) is 110 Å². The Labute approximate surface area is 732 Å². The number of carboxylic acid groups (broad SMARTS) is 1. The van der Waals surface area contributed by atoms with Crippen LogP contribution in [-0.4, -0.2) is 182 Å². The number of rotatable bonds is 47. The number of amides is 12. The van der Waals surface area contributed by atoms with Crippen molar-refractivity contribution in [3.63, 3.8) is 0 Å². The molecular weight excluding hydrogens is 1650 g/mol. The lowest BCUT2D eigenvalue weighted by molar-refractivity contribution is -0.197. The molecule has 0 unspecified atom stereocenters. The normalized spacial score (nSPS) is 13.1. The Balaban J connectivity index is 0.000000316. The van der Waals surface area contributed by atoms with Crippen LogP contribution in [0.25, 0.3) is 43.9 Å². The SMILES string of the molecule is CCOCc1nc2c(NC(=O)OCc3ccc(NC(=O)[C@H](CCCNC(N)=O)CC(=O)[C@@H](NC(=O)CCCC(=O)O)C(C)C)cc3)nc3ccccc3c2n1CC(C)(C)O.CCOCc1nc2c(NC(=O)OCc3ccc(NC(=O)[C@H](CCCNC(N)=O)CC(=O)[C@@H](NC(=O)CCCC(=O)ON4C(=O)CCC4=O)C(C)C)cc3)nc3ccccc3c2n1CC(C)(C)O. The van der Waals surface area contributed by atoms with Gasteiger partial charge in [-0.15, -0.1) is 5.06 Å². The summed E-state index contributed by atoms with van der Waals surface area (Å²) in [5.41, 5.74) is 13.5. The Hall–Kier alpha value is -13.1. The number of ether oxygens (including phenoxy) is 4. The highest BCUT2D eigenvalue weighted by Crippen LogP contribution is 2.35. The van der Waals surface area contributed by atoms with Crippen molar-refractivity contribution in [1.29, 1.82) is 0 Å². The average molecular weight is 1760 g/mol. The maximum Gasteiger partial charge on any atom is 0.413 e. The maximum atomic E-state index is 13.7. The van der Waals surface area contributed by atoms with Crippen LogP contribution < -0.4 is 54.0 Å². The summed E-state index contributed by atoms with van der Waals surface area (Å²) in [6.07, 6.45) is -1.55. The van der Waals surface area contributed by atoms with E-state index in [-0.39, 0.29) is 159 Å². The molecule has 127 heavy (non-hydrogen) atoms. The number of aliphatic carboxylic acids is 1. The average Bonchev–Trinajstić information content (AvgIpc) is 1.58. The number of carboxylic acids is 1. The zero-order chi connectivity index (χ0) is 92.8. The minimum atomic E-state index is -1.10. The van der Waals surface area contributed by atoms with Gasteiger partial charge in [-0.3, -0.25) is 53.8 Å². The van der Waals surface area contributed by atoms with E-state index < -0.39 is 113 Å². The predicted molar refractivity (Wildman–Crippen MR) is 467 cm³/mol. The summed E-state index contributed by atoms with van der Waals surface area (Å²) in [7, 11) is 0. The largest absolute Gasteiger partial charge is 0.481 e. The fourth-order valence-electron chi connectivity index (χ4n) is 13.9. The number of carbonyl (C=O) groups is 14. The Kier molecular flexibility index (Phi) is 36.9. The third-order valence-electron chi connectivity index (χ3n) is 20.0. The van der Waals surface area contributed by atoms with Crippen molar-refractivity contribution in [2.75, 3.05) is 47.6 Å². The molecule has 1 aliphatic heterocycles. The molecule has 4 aromatic carbocycles. The van der Waals surface area contributed by atoms with Crippen LogP contribution in [0.15, 0.2) is 97.1 Å². The van der Waals surface area contributed by atoms with E-state index in [2.05, 4.69) is 52.5 Å². The van der Waals surface area contributed by atoms with E-state index in [1.807, 2.05) is 65.4 Å². The van der Waals surface area contributed by atoms with Gasteiger partial charge in [0.25, 0.3) is 11.8 Å². The lowest BCUT2D eigenvalue weighted by atomic mass is 9.89. The number of hydrogen-bond donors (Lipinski definition) is 13. The number of nitrogens with zero attached hydrogens (tertiary/aromatic N) is 7. The zero-order valence-corrected chi connectivity index (χ0v) is 73.1. The minimum absolute atomic E-state index is 0.0246. The van der Waals surface area contributed by atoms with Crippen LogP contribution in [0, 0.1) is 23.7 Å². The van der Waals surface area contributed by atoms with Gasteiger partial charge in [0.15, 0.2) is 23.2 Å². The molecule has 684 valence electrons. The minimum Gasteiger partial charge on any atom is -0.481 e. The molecule has 39 nitrogen and oxygen atoms in total. The number of primary amides is 2. The van der Waals surface area contributed by atoms with E-state index in [9.17, 15) is 77.3 Å². The summed E-state index contributed by atoms with van der Waals surface area (Å²) in [5, 5.41) is 53.8. The van der Waals surface area contributed by atoms with Crippen molar-refractivity contribution in [1.82, 2.24) is 55.4 Å². The summed E-state index contributed by atoms with van der Waals surface area (Å²) < 4.78 is 26.2. The second kappa shape index (κ2) is 47.3. The van der Waals surface area contributed by atoms with Gasteiger partial charge in [-0.25, -0.2) is 43.9 Å². The molecule has 1 fully saturated rings. The van der Waals surface area contributed by atoms with E-state index in [0.717, 1.165) is 10.8 Å². The van der Waals surface area contributed by atoms with Crippen molar-refractivity contribution in [2.45, 2.75) is 222 Å². The third kappa shape index (κ3) is 30.9. The molecule has 12 amide bonds. The highest BCUT2D eigenvalue weighted by Gasteiger charge is 2.36. The fraction of sp³-hybridized carbons (Fsp3) is 0.477. The standard InChI is InChI=1S/C46H59N9O12.C42H56N8O10/c1-6-65-25-34-51-40-41(54(34)26-46(4,5)64)31-12-7-8-13-32(31)50-42(40)53-45(63)66-24-28-16-18-30(19-17-28)49-43(61)29(11-10-22-48-44(47)62)23-33(56)39(27(2)3)52-35(57)14-9-15-38(60)67-55-36(58)20-21-37(55)59;1-6-59-23-32-47-36-37(50(32)24-42(4,5)58)29-12-7-8-13-30(29)46-38(36)49-41(57)60-22-26-16-18-28(19-17-26)45-39(55)27(11-10-20-44-40(43)56)21-31(51)35(25(2)3)48-33(52)14-9-15-34(53)54/h7-8,12-13,16-19,27,29,39,64H,6,9-11,14-15,20-26H2,1-5H3,(H,49,61)(H,52,57)(H3,47,48,62)(H,50,53,63);7-8,12-13,16-19,25,27,35,58H,6,9-11,14-15,20-24H2,1-5H3,(H,45,55)(H,48,52)(H,53,54)(H3,43,44,56)(H,46,49,57)/t29-,39+;27-,35+/m11/s1. The molecule has 39 heteroatoms. The van der Waals surface area contributed by atoms with E-state index in [0.29, 0.717) is 98.4 Å². The summed E-state index contributed by atoms with van der Waals surface area (Å²) >= 11 is 0. The van der Waals surface area contributed by atoms with Gasteiger partial charge >= 0.3 is 36.2 Å². The molecule has 0 spiro atoms. The van der Waals surface area contributed by atoms with E-state index in [1.165, 1.54) is 0 Å². The molecule has 1 aliphatic rings.